The van der Waals surface area contributed by atoms with Crippen molar-refractivity contribution in [1.82, 2.24) is 24.9 Å². The summed E-state index contributed by atoms with van der Waals surface area (Å²) in [6, 6.07) is 4.21. The van der Waals surface area contributed by atoms with E-state index in [1.807, 2.05) is 6.20 Å². The minimum absolute atomic E-state index is 0.844. The molecule has 0 spiro atoms. The maximum Gasteiger partial charge on any atom is 0.179 e. The normalized spacial score (nSPS) is 18.2. The Labute approximate surface area is 113 Å². The number of pyridine rings is 1. The highest BCUT2D eigenvalue weighted by Gasteiger charge is 2.15. The fraction of sp³-hybridized carbons (Fsp3) is 0.643. The van der Waals surface area contributed by atoms with E-state index >= 15 is 0 Å². The van der Waals surface area contributed by atoms with Crippen LogP contribution < -0.4 is 0 Å². The number of likely N-dealkylation sites (tertiary alicyclic amines) is 1. The van der Waals surface area contributed by atoms with Gasteiger partial charge in [-0.25, -0.2) is 4.52 Å². The molecule has 1 aliphatic rings. The van der Waals surface area contributed by atoms with Crippen molar-refractivity contribution in [3.8, 4) is 0 Å². The van der Waals surface area contributed by atoms with E-state index in [-0.39, 0.29) is 0 Å². The van der Waals surface area contributed by atoms with Crippen LogP contribution in [0.3, 0.4) is 0 Å². The van der Waals surface area contributed by atoms with Gasteiger partial charge in [0, 0.05) is 6.20 Å². The van der Waals surface area contributed by atoms with Crippen LogP contribution in [0.5, 0.6) is 0 Å². The lowest BCUT2D eigenvalue weighted by Crippen LogP contribution is -2.30. The predicted molar refractivity (Wildman–Crippen MR) is 73.9 cm³/mol. The van der Waals surface area contributed by atoms with E-state index in [1.54, 1.807) is 4.52 Å². The van der Waals surface area contributed by atoms with Gasteiger partial charge in [0.25, 0.3) is 0 Å². The molecule has 0 bridgehead atoms. The largest absolute Gasteiger partial charge is 0.306 e. The first kappa shape index (κ1) is 12.5. The second kappa shape index (κ2) is 5.65. The molecule has 0 atom stereocenters. The second-order valence-electron chi connectivity index (χ2n) is 5.66. The van der Waals surface area contributed by atoms with Gasteiger partial charge in [-0.15, -0.1) is 5.10 Å². The zero-order chi connectivity index (χ0) is 13.1. The summed E-state index contributed by atoms with van der Waals surface area (Å²) < 4.78 is 1.71. The van der Waals surface area contributed by atoms with Gasteiger partial charge in [-0.1, -0.05) is 6.42 Å². The molecule has 0 aliphatic carbocycles. The highest BCUT2D eigenvalue weighted by molar-refractivity contribution is 5.38. The van der Waals surface area contributed by atoms with Gasteiger partial charge in [0.05, 0.1) is 0 Å². The molecule has 102 valence electrons. The van der Waals surface area contributed by atoms with E-state index in [2.05, 4.69) is 39.6 Å². The molecule has 5 nitrogen and oxygen atoms in total. The first-order chi connectivity index (χ1) is 9.31. The summed E-state index contributed by atoms with van der Waals surface area (Å²) in [5.74, 6) is 0.926. The van der Waals surface area contributed by atoms with Gasteiger partial charge in [-0.05, 0) is 79.9 Å². The highest BCUT2D eigenvalue weighted by atomic mass is 15.5. The Hall–Kier alpha value is -1.49. The minimum atomic E-state index is 0.844. The molecule has 1 aliphatic heterocycles. The molecule has 1 fully saturated rings. The Bertz CT molecular complexity index is 527. The first-order valence-corrected chi connectivity index (χ1v) is 7.16. The van der Waals surface area contributed by atoms with Crippen LogP contribution in [0.1, 0.15) is 31.2 Å². The molecule has 3 rings (SSSR count). The van der Waals surface area contributed by atoms with Crippen LogP contribution in [0.4, 0.5) is 0 Å². The van der Waals surface area contributed by atoms with Crippen LogP contribution >= 0.6 is 0 Å². The molecule has 0 radical (unpaired) electrons. The summed E-state index contributed by atoms with van der Waals surface area (Å²) in [5.41, 5.74) is 2.19. The van der Waals surface area contributed by atoms with Crippen molar-refractivity contribution in [1.29, 1.82) is 0 Å². The number of fused-ring (bicyclic) bond motifs is 1. The number of aryl methyl sites for hydroxylation is 1. The molecule has 1 saturated heterocycles. The van der Waals surface area contributed by atoms with Gasteiger partial charge in [-0.2, -0.15) is 0 Å². The number of tetrazole rings is 1. The summed E-state index contributed by atoms with van der Waals surface area (Å²) in [5, 5.41) is 11.5. The lowest BCUT2D eigenvalue weighted by molar-refractivity contribution is 0.210. The monoisotopic (exact) mass is 259 g/mol. The van der Waals surface area contributed by atoms with Crippen molar-refractivity contribution >= 4 is 5.65 Å². The van der Waals surface area contributed by atoms with Crippen LogP contribution in [0.15, 0.2) is 18.3 Å². The summed E-state index contributed by atoms with van der Waals surface area (Å²) in [6.07, 6.45) is 8.43. The van der Waals surface area contributed by atoms with E-state index in [0.29, 0.717) is 0 Å². The Morgan fingerprint density at radius 1 is 1.32 bits per heavy atom. The summed E-state index contributed by atoms with van der Waals surface area (Å²) in [7, 11) is 2.22. The second-order valence-corrected chi connectivity index (χ2v) is 5.66. The Kier molecular flexibility index (Phi) is 3.73. The SMILES string of the molecule is CN1CCC(CCCc2ccn3nnnc3c2)CC1. The van der Waals surface area contributed by atoms with E-state index in [0.717, 1.165) is 18.0 Å². The number of piperidine rings is 1. The van der Waals surface area contributed by atoms with E-state index < -0.39 is 0 Å². The molecular formula is C14H21N5. The summed E-state index contributed by atoms with van der Waals surface area (Å²) >= 11 is 0. The fourth-order valence-corrected chi connectivity index (χ4v) is 2.88. The molecule has 0 amide bonds. The van der Waals surface area contributed by atoms with Crippen molar-refractivity contribution in [2.45, 2.75) is 32.1 Å². The molecule has 0 N–H and O–H groups in total. The van der Waals surface area contributed by atoms with Gasteiger partial charge in [0.2, 0.25) is 0 Å². The van der Waals surface area contributed by atoms with Gasteiger partial charge in [0.15, 0.2) is 5.65 Å². The molecule has 3 heterocycles. The van der Waals surface area contributed by atoms with Crippen LogP contribution in [0.2, 0.25) is 0 Å². The van der Waals surface area contributed by atoms with E-state index in [1.165, 1.54) is 44.3 Å². The van der Waals surface area contributed by atoms with Crippen molar-refractivity contribution in [3.63, 3.8) is 0 Å². The molecule has 0 saturated carbocycles. The molecule has 2 aromatic rings. The highest BCUT2D eigenvalue weighted by Crippen LogP contribution is 2.22. The Balaban J connectivity index is 1.49. The van der Waals surface area contributed by atoms with Gasteiger partial charge < -0.3 is 4.90 Å². The zero-order valence-corrected chi connectivity index (χ0v) is 11.5. The summed E-state index contributed by atoms with van der Waals surface area (Å²) in [6.45, 7) is 2.53. The third kappa shape index (κ3) is 3.10. The van der Waals surface area contributed by atoms with E-state index in [4.69, 9.17) is 0 Å². The van der Waals surface area contributed by atoms with Crippen molar-refractivity contribution in [3.05, 3.63) is 23.9 Å². The smallest absolute Gasteiger partial charge is 0.179 e. The average Bonchev–Trinajstić information content (AvgIpc) is 2.88. The lowest BCUT2D eigenvalue weighted by Gasteiger charge is -2.28. The topological polar surface area (TPSA) is 46.3 Å². The third-order valence-electron chi connectivity index (χ3n) is 4.18. The first-order valence-electron chi connectivity index (χ1n) is 7.16. The van der Waals surface area contributed by atoms with E-state index in [9.17, 15) is 0 Å². The fourth-order valence-electron chi connectivity index (χ4n) is 2.88. The number of aromatic nitrogens is 4. The maximum atomic E-state index is 3.98. The lowest BCUT2D eigenvalue weighted by atomic mass is 9.91. The van der Waals surface area contributed by atoms with Crippen LogP contribution in [0, 0.1) is 5.92 Å². The number of nitrogens with zero attached hydrogens (tertiary/aromatic N) is 5. The minimum Gasteiger partial charge on any atom is -0.306 e. The van der Waals surface area contributed by atoms with Crippen LogP contribution in [-0.4, -0.2) is 45.1 Å². The van der Waals surface area contributed by atoms with Gasteiger partial charge in [-0.3, -0.25) is 0 Å². The van der Waals surface area contributed by atoms with Crippen molar-refractivity contribution < 1.29 is 0 Å². The van der Waals surface area contributed by atoms with Crippen LogP contribution in [-0.2, 0) is 6.42 Å². The van der Waals surface area contributed by atoms with Crippen molar-refractivity contribution in [2.75, 3.05) is 20.1 Å². The maximum absolute atomic E-state index is 3.98. The quantitative estimate of drug-likeness (QED) is 0.840. The number of hydrogen-bond acceptors (Lipinski definition) is 4. The van der Waals surface area contributed by atoms with Gasteiger partial charge >= 0.3 is 0 Å². The van der Waals surface area contributed by atoms with Crippen molar-refractivity contribution in [2.24, 2.45) is 5.92 Å². The molecule has 19 heavy (non-hydrogen) atoms. The molecule has 0 unspecified atom stereocenters. The Morgan fingerprint density at radius 3 is 3.00 bits per heavy atom. The predicted octanol–water partition coefficient (Wildman–Crippen LogP) is 1.79. The standard InChI is InChI=1S/C14H21N5/c1-18-8-5-12(6-9-18)3-2-4-13-7-10-19-14(11-13)15-16-17-19/h7,10-12H,2-6,8-9H2,1H3. The van der Waals surface area contributed by atoms with Crippen LogP contribution in [0.25, 0.3) is 5.65 Å². The average molecular weight is 259 g/mol. The molecule has 2 aromatic heterocycles. The summed E-state index contributed by atoms with van der Waals surface area (Å²) in [4.78, 5) is 2.43. The van der Waals surface area contributed by atoms with Gasteiger partial charge in [0.1, 0.15) is 0 Å². The number of rotatable bonds is 4. The Morgan fingerprint density at radius 2 is 2.16 bits per heavy atom. The molecule has 0 aromatic carbocycles. The molecular weight excluding hydrogens is 238 g/mol. The zero-order valence-electron chi connectivity index (χ0n) is 11.5. The molecule has 5 heteroatoms. The third-order valence-corrected chi connectivity index (χ3v) is 4.18. The number of hydrogen-bond donors (Lipinski definition) is 0.